The van der Waals surface area contributed by atoms with E-state index < -0.39 is 17.9 Å². The largest absolute Gasteiger partial charge is 0.507 e. The number of rotatable bonds is 6. The van der Waals surface area contributed by atoms with E-state index in [0.717, 1.165) is 4.90 Å². The van der Waals surface area contributed by atoms with Crippen molar-refractivity contribution < 1.29 is 24.2 Å². The van der Waals surface area contributed by atoms with E-state index in [1.54, 1.807) is 36.4 Å². The third kappa shape index (κ3) is 3.90. The van der Waals surface area contributed by atoms with Crippen LogP contribution in [0.1, 0.15) is 23.7 Å². The Labute approximate surface area is 155 Å². The molecular weight excluding hydrogens is 350 g/mol. The SMILES string of the molecule is CCOc1ccc(N2C(=O)CC(NNC(=O)c3ccccc3O)C2=O)cc1. The van der Waals surface area contributed by atoms with E-state index in [1.165, 1.54) is 12.1 Å². The van der Waals surface area contributed by atoms with E-state index in [4.69, 9.17) is 4.74 Å². The highest BCUT2D eigenvalue weighted by Crippen LogP contribution is 2.25. The maximum Gasteiger partial charge on any atom is 0.269 e. The van der Waals surface area contributed by atoms with Gasteiger partial charge in [-0.2, -0.15) is 0 Å². The lowest BCUT2D eigenvalue weighted by molar-refractivity contribution is -0.121. The van der Waals surface area contributed by atoms with Crippen LogP contribution in [0.25, 0.3) is 0 Å². The van der Waals surface area contributed by atoms with Gasteiger partial charge in [0.1, 0.15) is 17.5 Å². The van der Waals surface area contributed by atoms with Crippen LogP contribution in [-0.4, -0.2) is 35.5 Å². The summed E-state index contributed by atoms with van der Waals surface area (Å²) in [5.74, 6) is -0.986. The molecule has 0 aromatic heterocycles. The number of phenolic OH excluding ortho intramolecular Hbond substituents is 1. The van der Waals surface area contributed by atoms with Crippen LogP contribution >= 0.6 is 0 Å². The quantitative estimate of drug-likeness (QED) is 0.524. The highest BCUT2D eigenvalue weighted by atomic mass is 16.5. The molecule has 1 unspecified atom stereocenters. The van der Waals surface area contributed by atoms with E-state index in [9.17, 15) is 19.5 Å². The molecule has 8 heteroatoms. The summed E-state index contributed by atoms with van der Waals surface area (Å²) in [5, 5.41) is 9.69. The Morgan fingerprint density at radius 2 is 1.89 bits per heavy atom. The second-order valence-corrected chi connectivity index (χ2v) is 5.87. The number of imide groups is 1. The summed E-state index contributed by atoms with van der Waals surface area (Å²) in [5.41, 5.74) is 5.43. The molecule has 3 rings (SSSR count). The smallest absolute Gasteiger partial charge is 0.269 e. The van der Waals surface area contributed by atoms with Gasteiger partial charge < -0.3 is 9.84 Å². The molecule has 0 aliphatic carbocycles. The molecule has 2 aromatic rings. The van der Waals surface area contributed by atoms with Crippen molar-refractivity contribution >= 4 is 23.4 Å². The van der Waals surface area contributed by atoms with Crippen molar-refractivity contribution in [1.29, 1.82) is 0 Å². The highest BCUT2D eigenvalue weighted by molar-refractivity contribution is 6.22. The second-order valence-electron chi connectivity index (χ2n) is 5.87. The molecule has 0 radical (unpaired) electrons. The predicted molar refractivity (Wildman–Crippen MR) is 97.2 cm³/mol. The van der Waals surface area contributed by atoms with Crippen molar-refractivity contribution in [3.05, 3.63) is 54.1 Å². The zero-order chi connectivity index (χ0) is 19.4. The molecule has 2 aromatic carbocycles. The van der Waals surface area contributed by atoms with E-state index in [0.29, 0.717) is 18.0 Å². The van der Waals surface area contributed by atoms with E-state index in [2.05, 4.69) is 10.9 Å². The molecular formula is C19H19N3O5. The third-order valence-electron chi connectivity index (χ3n) is 4.06. The number of ether oxygens (including phenoxy) is 1. The van der Waals surface area contributed by atoms with Crippen LogP contribution in [0.3, 0.4) is 0 Å². The topological polar surface area (TPSA) is 108 Å². The van der Waals surface area contributed by atoms with Crippen LogP contribution in [-0.2, 0) is 9.59 Å². The maximum atomic E-state index is 12.6. The molecule has 1 fully saturated rings. The number of amides is 3. The summed E-state index contributed by atoms with van der Waals surface area (Å²) in [6.45, 7) is 2.38. The molecule has 140 valence electrons. The van der Waals surface area contributed by atoms with Gasteiger partial charge in [-0.3, -0.25) is 19.8 Å². The van der Waals surface area contributed by atoms with Crippen LogP contribution in [0, 0.1) is 0 Å². The molecule has 1 saturated heterocycles. The standard InChI is InChI=1S/C19H19N3O5/c1-2-27-13-9-7-12(8-10-13)22-17(24)11-15(19(22)26)20-21-18(25)14-5-3-4-6-16(14)23/h3-10,15,20,23H,2,11H2,1H3,(H,21,25). The first kappa shape index (κ1) is 18.4. The van der Waals surface area contributed by atoms with Crippen LogP contribution in [0.4, 0.5) is 5.69 Å². The first-order valence-corrected chi connectivity index (χ1v) is 8.44. The van der Waals surface area contributed by atoms with Gasteiger partial charge in [-0.05, 0) is 43.3 Å². The normalized spacial score (nSPS) is 16.5. The van der Waals surface area contributed by atoms with Gasteiger partial charge in [-0.25, -0.2) is 10.3 Å². The van der Waals surface area contributed by atoms with Crippen molar-refractivity contribution in [3.8, 4) is 11.5 Å². The van der Waals surface area contributed by atoms with Gasteiger partial charge in [-0.15, -0.1) is 0 Å². The average molecular weight is 369 g/mol. The van der Waals surface area contributed by atoms with Crippen molar-refractivity contribution in [2.24, 2.45) is 0 Å². The Kier molecular flexibility index (Phi) is 5.37. The number of nitrogens with one attached hydrogen (secondary N) is 2. The highest BCUT2D eigenvalue weighted by Gasteiger charge is 2.39. The average Bonchev–Trinajstić information content (AvgIpc) is 2.95. The Morgan fingerprint density at radius 3 is 2.56 bits per heavy atom. The first-order chi connectivity index (χ1) is 13.0. The minimum Gasteiger partial charge on any atom is -0.507 e. The van der Waals surface area contributed by atoms with Gasteiger partial charge in [0.2, 0.25) is 5.91 Å². The summed E-state index contributed by atoms with van der Waals surface area (Å²) in [4.78, 5) is 38.0. The lowest BCUT2D eigenvalue weighted by atomic mass is 10.2. The zero-order valence-electron chi connectivity index (χ0n) is 14.6. The second kappa shape index (κ2) is 7.88. The number of aromatic hydroxyl groups is 1. The van der Waals surface area contributed by atoms with Gasteiger partial charge in [0, 0.05) is 0 Å². The predicted octanol–water partition coefficient (Wildman–Crippen LogP) is 1.36. The summed E-state index contributed by atoms with van der Waals surface area (Å²) >= 11 is 0. The molecule has 1 heterocycles. The number of carbonyl (C=O) groups is 3. The lowest BCUT2D eigenvalue weighted by Crippen LogP contribution is -2.48. The van der Waals surface area contributed by atoms with E-state index >= 15 is 0 Å². The molecule has 1 aliphatic heterocycles. The number of anilines is 1. The monoisotopic (exact) mass is 369 g/mol. The van der Waals surface area contributed by atoms with Crippen molar-refractivity contribution in [2.75, 3.05) is 11.5 Å². The van der Waals surface area contributed by atoms with Crippen molar-refractivity contribution in [3.63, 3.8) is 0 Å². The van der Waals surface area contributed by atoms with Crippen LogP contribution < -0.4 is 20.5 Å². The number of carbonyl (C=O) groups excluding carboxylic acids is 3. The molecule has 1 aliphatic rings. The molecule has 3 amide bonds. The van der Waals surface area contributed by atoms with Gasteiger partial charge in [0.15, 0.2) is 0 Å². The third-order valence-corrected chi connectivity index (χ3v) is 4.06. The Balaban J connectivity index is 1.65. The summed E-state index contributed by atoms with van der Waals surface area (Å²) in [6, 6.07) is 11.7. The van der Waals surface area contributed by atoms with Crippen molar-refractivity contribution in [1.82, 2.24) is 10.9 Å². The fraction of sp³-hybridized carbons (Fsp3) is 0.211. The van der Waals surface area contributed by atoms with Gasteiger partial charge in [-0.1, -0.05) is 12.1 Å². The van der Waals surface area contributed by atoms with Crippen LogP contribution in [0.15, 0.2) is 48.5 Å². The number of hydrazine groups is 1. The van der Waals surface area contributed by atoms with Gasteiger partial charge in [0.25, 0.3) is 11.8 Å². The fourth-order valence-electron chi connectivity index (χ4n) is 2.76. The molecule has 3 N–H and O–H groups in total. The Morgan fingerprint density at radius 1 is 1.19 bits per heavy atom. The van der Waals surface area contributed by atoms with Crippen LogP contribution in [0.2, 0.25) is 0 Å². The van der Waals surface area contributed by atoms with E-state index in [1.807, 2.05) is 6.92 Å². The number of hydrogen-bond acceptors (Lipinski definition) is 6. The first-order valence-electron chi connectivity index (χ1n) is 8.44. The number of hydrogen-bond donors (Lipinski definition) is 3. The minimum atomic E-state index is -0.890. The minimum absolute atomic E-state index is 0.0603. The molecule has 27 heavy (non-hydrogen) atoms. The molecule has 1 atom stereocenters. The summed E-state index contributed by atoms with van der Waals surface area (Å²) in [6.07, 6.45) is -0.0902. The Hall–Kier alpha value is -3.39. The zero-order valence-corrected chi connectivity index (χ0v) is 14.6. The molecule has 8 nitrogen and oxygen atoms in total. The number of nitrogens with zero attached hydrogens (tertiary/aromatic N) is 1. The Bertz CT molecular complexity index is 866. The fourth-order valence-corrected chi connectivity index (χ4v) is 2.76. The van der Waals surface area contributed by atoms with Gasteiger partial charge in [0.05, 0.1) is 24.3 Å². The maximum absolute atomic E-state index is 12.6. The molecule has 0 saturated carbocycles. The lowest BCUT2D eigenvalue weighted by Gasteiger charge is -2.16. The van der Waals surface area contributed by atoms with Gasteiger partial charge >= 0.3 is 0 Å². The van der Waals surface area contributed by atoms with Crippen LogP contribution in [0.5, 0.6) is 11.5 Å². The van der Waals surface area contributed by atoms with E-state index in [-0.39, 0.29) is 23.6 Å². The molecule has 0 bridgehead atoms. The summed E-state index contributed by atoms with van der Waals surface area (Å²) < 4.78 is 5.35. The number of phenols is 1. The summed E-state index contributed by atoms with van der Waals surface area (Å²) in [7, 11) is 0. The number of benzene rings is 2. The van der Waals surface area contributed by atoms with Crippen molar-refractivity contribution in [2.45, 2.75) is 19.4 Å². The number of para-hydroxylation sites is 1. The molecule has 0 spiro atoms.